The van der Waals surface area contributed by atoms with Crippen LogP contribution in [0, 0.1) is 11.3 Å². The van der Waals surface area contributed by atoms with Crippen molar-refractivity contribution in [3.05, 3.63) is 59.2 Å². The molecule has 4 heteroatoms. The number of rotatable bonds is 6. The minimum Gasteiger partial charge on any atom is -0.497 e. The maximum atomic E-state index is 9.13. The molecule has 0 aliphatic carbocycles. The summed E-state index contributed by atoms with van der Waals surface area (Å²) in [4.78, 5) is 0. The number of nitrogens with two attached hydrogens (primary N) is 1. The second kappa shape index (κ2) is 7.32. The molecule has 0 fully saturated rings. The van der Waals surface area contributed by atoms with E-state index in [2.05, 4.69) is 35.7 Å². The Morgan fingerprint density at radius 3 is 2.48 bits per heavy atom. The van der Waals surface area contributed by atoms with Crippen molar-refractivity contribution in [3.63, 3.8) is 0 Å². The van der Waals surface area contributed by atoms with E-state index in [1.807, 2.05) is 6.07 Å². The number of anilines is 1. The number of hydrogen-bond acceptors (Lipinski definition) is 4. The number of methoxy groups -OCH3 is 1. The fourth-order valence-corrected chi connectivity index (χ4v) is 2.08. The average molecular weight is 281 g/mol. The predicted octanol–water partition coefficient (Wildman–Crippen LogP) is 2.68. The van der Waals surface area contributed by atoms with Gasteiger partial charge in [-0.25, -0.2) is 0 Å². The molecular weight excluding hydrogens is 262 g/mol. The van der Waals surface area contributed by atoms with E-state index in [0.29, 0.717) is 18.7 Å². The topological polar surface area (TPSA) is 71.1 Å². The zero-order valence-electron chi connectivity index (χ0n) is 12.1. The largest absolute Gasteiger partial charge is 0.497 e. The first-order chi connectivity index (χ1) is 10.3. The number of benzene rings is 2. The maximum absolute atomic E-state index is 9.13. The summed E-state index contributed by atoms with van der Waals surface area (Å²) in [5, 5.41) is 12.4. The van der Waals surface area contributed by atoms with Crippen LogP contribution >= 0.6 is 0 Å². The minimum absolute atomic E-state index is 0.607. The van der Waals surface area contributed by atoms with Crippen molar-refractivity contribution in [2.75, 3.05) is 19.0 Å². The summed E-state index contributed by atoms with van der Waals surface area (Å²) in [5.74, 6) is 0.731. The highest BCUT2D eigenvalue weighted by Crippen LogP contribution is 2.22. The average Bonchev–Trinajstić information content (AvgIpc) is 2.54. The summed E-state index contributed by atoms with van der Waals surface area (Å²) in [7, 11) is 1.61. The normalized spacial score (nSPS) is 9.95. The van der Waals surface area contributed by atoms with Crippen molar-refractivity contribution in [2.24, 2.45) is 5.73 Å². The number of nitrogens with one attached hydrogen (secondary N) is 1. The fraction of sp³-hybridized carbons (Fsp3) is 0.235. The molecule has 0 aromatic heterocycles. The molecule has 3 N–H and O–H groups in total. The first-order valence-corrected chi connectivity index (χ1v) is 6.86. The van der Waals surface area contributed by atoms with E-state index in [1.54, 1.807) is 19.2 Å². The smallest absolute Gasteiger partial charge is 0.121 e. The summed E-state index contributed by atoms with van der Waals surface area (Å²) in [5.41, 5.74) is 9.32. The molecule has 0 unspecified atom stereocenters. The van der Waals surface area contributed by atoms with Crippen molar-refractivity contribution in [1.82, 2.24) is 0 Å². The van der Waals surface area contributed by atoms with Crippen LogP contribution in [0.3, 0.4) is 0 Å². The van der Waals surface area contributed by atoms with Gasteiger partial charge >= 0.3 is 0 Å². The van der Waals surface area contributed by atoms with Crippen molar-refractivity contribution < 1.29 is 4.74 Å². The van der Waals surface area contributed by atoms with Crippen LogP contribution in [-0.2, 0) is 13.0 Å². The van der Waals surface area contributed by atoms with Gasteiger partial charge in [-0.2, -0.15) is 5.26 Å². The van der Waals surface area contributed by atoms with Gasteiger partial charge in [-0.3, -0.25) is 0 Å². The molecule has 0 atom stereocenters. The summed E-state index contributed by atoms with van der Waals surface area (Å²) in [6.07, 6.45) is 0.891. The summed E-state index contributed by atoms with van der Waals surface area (Å²) < 4.78 is 5.19. The van der Waals surface area contributed by atoms with Gasteiger partial charge in [0.2, 0.25) is 0 Å². The molecular formula is C17H19N3O. The molecule has 0 bridgehead atoms. The van der Waals surface area contributed by atoms with Crippen LogP contribution in [0.15, 0.2) is 42.5 Å². The molecule has 0 amide bonds. The highest BCUT2D eigenvalue weighted by Gasteiger charge is 2.04. The van der Waals surface area contributed by atoms with E-state index in [0.717, 1.165) is 23.4 Å². The van der Waals surface area contributed by atoms with Crippen LogP contribution in [0.25, 0.3) is 0 Å². The molecule has 4 nitrogen and oxygen atoms in total. The first-order valence-electron chi connectivity index (χ1n) is 6.86. The van der Waals surface area contributed by atoms with Crippen LogP contribution in [0.2, 0.25) is 0 Å². The van der Waals surface area contributed by atoms with Gasteiger partial charge in [-0.15, -0.1) is 0 Å². The van der Waals surface area contributed by atoms with Crippen molar-refractivity contribution in [1.29, 1.82) is 5.26 Å². The van der Waals surface area contributed by atoms with Crippen LogP contribution in [0.4, 0.5) is 5.69 Å². The highest BCUT2D eigenvalue weighted by atomic mass is 16.5. The monoisotopic (exact) mass is 281 g/mol. The Morgan fingerprint density at radius 1 is 1.14 bits per heavy atom. The molecule has 0 spiro atoms. The lowest BCUT2D eigenvalue weighted by atomic mass is 10.1. The lowest BCUT2D eigenvalue weighted by Gasteiger charge is -2.10. The third-order valence-corrected chi connectivity index (χ3v) is 3.29. The Hall–Kier alpha value is -2.51. The lowest BCUT2D eigenvalue weighted by Crippen LogP contribution is -2.04. The number of ether oxygens (including phenoxy) is 1. The Morgan fingerprint density at radius 2 is 1.86 bits per heavy atom. The van der Waals surface area contributed by atoms with E-state index in [9.17, 15) is 0 Å². The number of nitriles is 1. The van der Waals surface area contributed by atoms with Gasteiger partial charge in [0, 0.05) is 12.6 Å². The third-order valence-electron chi connectivity index (χ3n) is 3.29. The van der Waals surface area contributed by atoms with E-state index < -0.39 is 0 Å². The summed E-state index contributed by atoms with van der Waals surface area (Å²) in [6, 6.07) is 15.9. The van der Waals surface area contributed by atoms with Gasteiger partial charge in [-0.1, -0.05) is 24.3 Å². The molecule has 0 saturated carbocycles. The fourth-order valence-electron chi connectivity index (χ4n) is 2.08. The first kappa shape index (κ1) is 14.9. The summed E-state index contributed by atoms with van der Waals surface area (Å²) >= 11 is 0. The SMILES string of the molecule is COc1ccc(C#N)c(NCc2ccc(CCN)cc2)c1. The quantitative estimate of drug-likeness (QED) is 0.854. The molecule has 0 heterocycles. The Bertz CT molecular complexity index is 629. The second-order valence-electron chi connectivity index (χ2n) is 4.73. The molecule has 2 rings (SSSR count). The van der Waals surface area contributed by atoms with Crippen LogP contribution in [0.5, 0.6) is 5.75 Å². The molecule has 108 valence electrons. The highest BCUT2D eigenvalue weighted by molar-refractivity contribution is 5.60. The standard InChI is InChI=1S/C17H19N3O/c1-21-16-7-6-15(11-19)17(10-16)20-12-14-4-2-13(3-5-14)8-9-18/h2-7,10,20H,8-9,12,18H2,1H3. The van der Waals surface area contributed by atoms with E-state index >= 15 is 0 Å². The molecule has 2 aromatic carbocycles. The minimum atomic E-state index is 0.607. The van der Waals surface area contributed by atoms with Gasteiger partial charge in [0.25, 0.3) is 0 Å². The zero-order valence-corrected chi connectivity index (χ0v) is 12.1. The molecule has 2 aromatic rings. The van der Waals surface area contributed by atoms with Gasteiger partial charge in [0.05, 0.1) is 18.4 Å². The van der Waals surface area contributed by atoms with Gasteiger partial charge in [0.15, 0.2) is 0 Å². The molecule has 0 aliphatic heterocycles. The van der Waals surface area contributed by atoms with Crippen molar-refractivity contribution in [2.45, 2.75) is 13.0 Å². The van der Waals surface area contributed by atoms with E-state index in [4.69, 9.17) is 15.7 Å². The molecule has 0 aliphatic rings. The van der Waals surface area contributed by atoms with Crippen molar-refractivity contribution in [3.8, 4) is 11.8 Å². The van der Waals surface area contributed by atoms with Crippen molar-refractivity contribution >= 4 is 5.69 Å². The lowest BCUT2D eigenvalue weighted by molar-refractivity contribution is 0.415. The Kier molecular flexibility index (Phi) is 5.19. The predicted molar refractivity (Wildman–Crippen MR) is 84.2 cm³/mol. The van der Waals surface area contributed by atoms with Gasteiger partial charge < -0.3 is 15.8 Å². The van der Waals surface area contributed by atoms with Gasteiger partial charge in [0.1, 0.15) is 11.8 Å². The number of nitrogens with zero attached hydrogens (tertiary/aromatic N) is 1. The summed E-state index contributed by atoms with van der Waals surface area (Å²) in [6.45, 7) is 1.32. The van der Waals surface area contributed by atoms with Gasteiger partial charge in [-0.05, 0) is 36.2 Å². The van der Waals surface area contributed by atoms with Crippen LogP contribution in [0.1, 0.15) is 16.7 Å². The maximum Gasteiger partial charge on any atom is 0.121 e. The van der Waals surface area contributed by atoms with E-state index in [1.165, 1.54) is 5.56 Å². The third kappa shape index (κ3) is 3.98. The van der Waals surface area contributed by atoms with Crippen LogP contribution in [-0.4, -0.2) is 13.7 Å². The Balaban J connectivity index is 2.07. The zero-order chi connectivity index (χ0) is 15.1. The van der Waals surface area contributed by atoms with Crippen LogP contribution < -0.4 is 15.8 Å². The number of hydrogen-bond donors (Lipinski definition) is 2. The van der Waals surface area contributed by atoms with E-state index in [-0.39, 0.29) is 0 Å². The molecule has 21 heavy (non-hydrogen) atoms. The molecule has 0 saturated heterocycles. The second-order valence-corrected chi connectivity index (χ2v) is 4.73. The Labute approximate surface area is 125 Å². The molecule has 0 radical (unpaired) electrons.